The van der Waals surface area contributed by atoms with Crippen molar-refractivity contribution in [3.63, 3.8) is 0 Å². The molecule has 0 N–H and O–H groups in total. The maximum absolute atomic E-state index is 12.6. The van der Waals surface area contributed by atoms with Gasteiger partial charge in [0, 0.05) is 32.1 Å². The lowest BCUT2D eigenvalue weighted by Gasteiger charge is -2.44. The molecule has 0 spiro atoms. The van der Waals surface area contributed by atoms with Gasteiger partial charge in [0.2, 0.25) is 12.4 Å². The van der Waals surface area contributed by atoms with Crippen LogP contribution in [-0.4, -0.2) is 67.2 Å². The van der Waals surface area contributed by atoms with Crippen LogP contribution in [0.25, 0.3) is 0 Å². The van der Waals surface area contributed by atoms with Crippen LogP contribution in [0.1, 0.15) is 98.8 Å². The Hall–Kier alpha value is -2.69. The van der Waals surface area contributed by atoms with Gasteiger partial charge in [0.1, 0.15) is 12.7 Å². The molecule has 1 rings (SSSR count). The summed E-state index contributed by atoms with van der Waals surface area (Å²) in [6.45, 7) is 8.61. The van der Waals surface area contributed by atoms with E-state index in [0.29, 0.717) is 32.1 Å². The Bertz CT molecular complexity index is 751. The molecule has 0 saturated carbocycles. The van der Waals surface area contributed by atoms with Gasteiger partial charge >= 0.3 is 29.8 Å². The van der Waals surface area contributed by atoms with Crippen LogP contribution in [0.2, 0.25) is 0 Å². The van der Waals surface area contributed by atoms with Crippen LogP contribution in [0.4, 0.5) is 0 Å². The Morgan fingerprint density at radius 2 is 0.892 bits per heavy atom. The Morgan fingerprint density at radius 3 is 1.35 bits per heavy atom. The Balaban J connectivity index is 3.45. The maximum atomic E-state index is 12.6. The van der Waals surface area contributed by atoms with E-state index < -0.39 is 60.6 Å². The van der Waals surface area contributed by atoms with E-state index in [9.17, 15) is 24.0 Å². The Labute approximate surface area is 218 Å². The van der Waals surface area contributed by atoms with Crippen molar-refractivity contribution in [3.8, 4) is 0 Å². The van der Waals surface area contributed by atoms with Crippen molar-refractivity contribution < 1.29 is 52.4 Å². The van der Waals surface area contributed by atoms with E-state index in [1.54, 1.807) is 27.7 Å². The number of carbonyl (C=O) groups is 5. The summed E-state index contributed by atoms with van der Waals surface area (Å²) in [6.07, 6.45) is -3.74. The second-order valence-corrected chi connectivity index (χ2v) is 8.83. The highest BCUT2D eigenvalue weighted by molar-refractivity contribution is 5.72. The molecule has 1 saturated heterocycles. The topological polar surface area (TPSA) is 141 Å². The molecule has 0 radical (unpaired) electrons. The summed E-state index contributed by atoms with van der Waals surface area (Å²) in [4.78, 5) is 62.0. The smallest absolute Gasteiger partial charge is 0.308 e. The van der Waals surface area contributed by atoms with E-state index >= 15 is 0 Å². The molecule has 0 aromatic carbocycles. The lowest BCUT2D eigenvalue weighted by molar-refractivity contribution is -0.301. The van der Waals surface area contributed by atoms with Crippen molar-refractivity contribution in [3.05, 3.63) is 0 Å². The molecule has 1 aliphatic rings. The van der Waals surface area contributed by atoms with Crippen molar-refractivity contribution in [2.45, 2.75) is 130 Å². The molecule has 1 fully saturated rings. The molecule has 5 atom stereocenters. The van der Waals surface area contributed by atoms with Gasteiger partial charge in [0.25, 0.3) is 0 Å². The summed E-state index contributed by atoms with van der Waals surface area (Å²) in [5.74, 6) is -2.97. The zero-order chi connectivity index (χ0) is 27.8. The van der Waals surface area contributed by atoms with Gasteiger partial charge in [-0.25, -0.2) is 0 Å². The fourth-order valence-electron chi connectivity index (χ4n) is 3.60. The van der Waals surface area contributed by atoms with Gasteiger partial charge in [0.05, 0.1) is 0 Å². The molecule has 0 aromatic rings. The number of rotatable bonds is 16. The quantitative estimate of drug-likeness (QED) is 0.214. The van der Waals surface area contributed by atoms with E-state index in [1.165, 1.54) is 0 Å². The minimum absolute atomic E-state index is 0.0546. The highest BCUT2D eigenvalue weighted by atomic mass is 16.7. The molecule has 11 nitrogen and oxygen atoms in total. The summed E-state index contributed by atoms with van der Waals surface area (Å²) >= 11 is 0. The molecule has 37 heavy (non-hydrogen) atoms. The zero-order valence-corrected chi connectivity index (χ0v) is 22.7. The average molecular weight is 531 g/mol. The summed E-state index contributed by atoms with van der Waals surface area (Å²) in [5, 5.41) is 0. The molecule has 1 heterocycles. The van der Waals surface area contributed by atoms with Crippen LogP contribution in [-0.2, 0) is 52.4 Å². The summed E-state index contributed by atoms with van der Waals surface area (Å²) in [5.41, 5.74) is 0. The highest BCUT2D eigenvalue weighted by Crippen LogP contribution is 2.31. The second kappa shape index (κ2) is 17.7. The molecule has 1 aliphatic heterocycles. The Morgan fingerprint density at radius 1 is 0.514 bits per heavy atom. The van der Waals surface area contributed by atoms with Gasteiger partial charge < -0.3 is 28.4 Å². The third kappa shape index (κ3) is 11.5. The average Bonchev–Trinajstić information content (AvgIpc) is 2.82. The van der Waals surface area contributed by atoms with Crippen molar-refractivity contribution in [1.82, 2.24) is 0 Å². The molecule has 212 valence electrons. The minimum Gasteiger partial charge on any atom is -0.463 e. The van der Waals surface area contributed by atoms with Crippen molar-refractivity contribution in [2.24, 2.45) is 0 Å². The van der Waals surface area contributed by atoms with Gasteiger partial charge in [-0.15, -0.1) is 0 Å². The molecule has 0 amide bonds. The number of hydrogen-bond donors (Lipinski definition) is 0. The molecule has 0 bridgehead atoms. The van der Waals surface area contributed by atoms with Crippen LogP contribution in [0, 0.1) is 0 Å². The molecule has 0 aromatic heterocycles. The molecule has 0 aliphatic carbocycles. The summed E-state index contributed by atoms with van der Waals surface area (Å²) < 4.78 is 33.6. The standard InChI is InChI=1S/C26H42O11/c1-6-11-18(27)32-16-17-23(34-19(28)12-7-2)24(35-20(29)13-8-3)25(36-21(30)14-9-4)26(33-17)37-22(31)15-10-5/h17,23-26H,6-16H2,1-5H3/t17-,23-,24+,25-,26?/m1/s1. The third-order valence-corrected chi connectivity index (χ3v) is 5.32. The van der Waals surface area contributed by atoms with Gasteiger partial charge in [-0.3, -0.25) is 24.0 Å². The summed E-state index contributed by atoms with van der Waals surface area (Å²) in [7, 11) is 0. The van der Waals surface area contributed by atoms with Crippen molar-refractivity contribution in [1.29, 1.82) is 0 Å². The molecule has 1 unspecified atom stereocenters. The second-order valence-electron chi connectivity index (χ2n) is 8.83. The highest BCUT2D eigenvalue weighted by Gasteiger charge is 2.54. The monoisotopic (exact) mass is 530 g/mol. The van der Waals surface area contributed by atoms with Crippen LogP contribution < -0.4 is 0 Å². The van der Waals surface area contributed by atoms with Gasteiger partial charge in [-0.2, -0.15) is 0 Å². The lowest BCUT2D eigenvalue weighted by atomic mass is 9.97. The number of hydrogen-bond acceptors (Lipinski definition) is 11. The first kappa shape index (κ1) is 32.3. The number of esters is 5. The molecule has 11 heteroatoms. The molecular formula is C26H42O11. The van der Waals surface area contributed by atoms with Crippen molar-refractivity contribution in [2.75, 3.05) is 6.61 Å². The minimum atomic E-state index is -1.48. The first-order valence-corrected chi connectivity index (χ1v) is 13.3. The van der Waals surface area contributed by atoms with Crippen LogP contribution >= 0.6 is 0 Å². The van der Waals surface area contributed by atoms with E-state index in [2.05, 4.69) is 0 Å². The lowest BCUT2D eigenvalue weighted by Crippen LogP contribution is -2.63. The first-order valence-electron chi connectivity index (χ1n) is 13.3. The predicted octanol–water partition coefficient (Wildman–Crippen LogP) is 3.53. The fourth-order valence-corrected chi connectivity index (χ4v) is 3.60. The largest absolute Gasteiger partial charge is 0.463 e. The van der Waals surface area contributed by atoms with Crippen LogP contribution in [0.5, 0.6) is 0 Å². The zero-order valence-electron chi connectivity index (χ0n) is 22.7. The van der Waals surface area contributed by atoms with E-state index in [0.717, 1.165) is 0 Å². The van der Waals surface area contributed by atoms with Crippen LogP contribution in [0.15, 0.2) is 0 Å². The van der Waals surface area contributed by atoms with Gasteiger partial charge in [0.15, 0.2) is 12.2 Å². The van der Waals surface area contributed by atoms with E-state index in [1.807, 2.05) is 6.92 Å². The number of carbonyl (C=O) groups excluding carboxylic acids is 5. The third-order valence-electron chi connectivity index (χ3n) is 5.32. The summed E-state index contributed by atoms with van der Waals surface area (Å²) in [6, 6.07) is 0. The fraction of sp³-hybridized carbons (Fsp3) is 0.808. The van der Waals surface area contributed by atoms with E-state index in [-0.39, 0.29) is 38.7 Å². The van der Waals surface area contributed by atoms with E-state index in [4.69, 9.17) is 28.4 Å². The van der Waals surface area contributed by atoms with Crippen molar-refractivity contribution >= 4 is 29.8 Å². The SMILES string of the molecule is CCCC(=O)OC[C@H]1OC(OC(=O)CCC)[C@H](OC(=O)CCC)[C@@H](OC(=O)CCC)[C@@H]1OC(=O)CCC. The van der Waals surface area contributed by atoms with Crippen LogP contribution in [0.3, 0.4) is 0 Å². The molecular weight excluding hydrogens is 488 g/mol. The normalized spacial score (nSPS) is 23.0. The number of ether oxygens (including phenoxy) is 6. The first-order chi connectivity index (χ1) is 17.7. The van der Waals surface area contributed by atoms with Gasteiger partial charge in [-0.1, -0.05) is 34.6 Å². The van der Waals surface area contributed by atoms with Gasteiger partial charge in [-0.05, 0) is 32.1 Å². The maximum Gasteiger partial charge on any atom is 0.308 e. The Kier molecular flexibility index (Phi) is 15.5. The predicted molar refractivity (Wildman–Crippen MR) is 130 cm³/mol.